The molecule has 0 N–H and O–H groups in total. The van der Waals surface area contributed by atoms with Gasteiger partial charge < -0.3 is 4.74 Å². The molecule has 168 valence electrons. The summed E-state index contributed by atoms with van der Waals surface area (Å²) in [5, 5.41) is 5.50. The maximum atomic E-state index is 13.3. The molecule has 3 aromatic rings. The number of nitrogens with zero attached hydrogens (tertiary/aromatic N) is 4. The van der Waals surface area contributed by atoms with Crippen molar-refractivity contribution in [2.75, 3.05) is 20.2 Å². The van der Waals surface area contributed by atoms with Gasteiger partial charge in [0.15, 0.2) is 0 Å². The molecular weight excluding hydrogens is 448 g/mol. The smallest absolute Gasteiger partial charge is 0.282 e. The Morgan fingerprint density at radius 1 is 0.938 bits per heavy atom. The minimum Gasteiger partial charge on any atom is -0.494 e. The molecule has 0 unspecified atom stereocenters. The molecule has 2 aromatic carbocycles. The number of para-hydroxylation sites is 2. The molecule has 32 heavy (non-hydrogen) atoms. The molecule has 0 radical (unpaired) electrons. The standard InChI is InChI=1S/C23H25ClN4O3S/c1-31-22-8-4-3-7-21(22)28-23(17-9-11-18(24)12-10-17)19-15-27(16-20(19)25-28)32(29,30)26-13-5-2-6-14-26/h3-4,7-12H,2,5-6,13-16H2,1H3. The van der Waals surface area contributed by atoms with Gasteiger partial charge in [0.05, 0.1) is 25.0 Å². The second kappa shape index (κ2) is 8.51. The van der Waals surface area contributed by atoms with Crippen molar-refractivity contribution in [3.8, 4) is 22.7 Å². The van der Waals surface area contributed by atoms with Gasteiger partial charge in [0.25, 0.3) is 10.2 Å². The minimum absolute atomic E-state index is 0.261. The molecule has 1 aromatic heterocycles. The summed E-state index contributed by atoms with van der Waals surface area (Å²) in [6, 6.07) is 15.2. The van der Waals surface area contributed by atoms with Crippen LogP contribution in [0.2, 0.25) is 5.02 Å². The fraction of sp³-hybridized carbons (Fsp3) is 0.348. The number of halogens is 1. The largest absolute Gasteiger partial charge is 0.494 e. The van der Waals surface area contributed by atoms with E-state index in [4.69, 9.17) is 21.4 Å². The Morgan fingerprint density at radius 2 is 1.66 bits per heavy atom. The highest BCUT2D eigenvalue weighted by Crippen LogP contribution is 2.38. The van der Waals surface area contributed by atoms with Crippen LogP contribution in [0.1, 0.15) is 30.5 Å². The van der Waals surface area contributed by atoms with Gasteiger partial charge in [-0.2, -0.15) is 22.1 Å². The second-order valence-corrected chi connectivity index (χ2v) is 10.5. The molecule has 5 rings (SSSR count). The normalized spacial score (nSPS) is 17.4. The maximum Gasteiger partial charge on any atom is 0.282 e. The van der Waals surface area contributed by atoms with Crippen LogP contribution in [0.25, 0.3) is 16.9 Å². The summed E-state index contributed by atoms with van der Waals surface area (Å²) in [6.07, 6.45) is 2.90. The van der Waals surface area contributed by atoms with Crippen molar-refractivity contribution in [2.45, 2.75) is 32.4 Å². The molecule has 3 heterocycles. The first kappa shape index (κ1) is 21.5. The van der Waals surface area contributed by atoms with Crippen LogP contribution in [0.3, 0.4) is 0 Å². The van der Waals surface area contributed by atoms with E-state index in [9.17, 15) is 8.42 Å². The van der Waals surface area contributed by atoms with Gasteiger partial charge in [0.2, 0.25) is 0 Å². The van der Waals surface area contributed by atoms with Gasteiger partial charge in [-0.1, -0.05) is 42.3 Å². The summed E-state index contributed by atoms with van der Waals surface area (Å²) in [4.78, 5) is 0. The highest BCUT2D eigenvalue weighted by Gasteiger charge is 2.38. The third-order valence-corrected chi connectivity index (χ3v) is 8.31. The summed E-state index contributed by atoms with van der Waals surface area (Å²) in [7, 11) is -1.89. The Labute approximate surface area is 193 Å². The maximum absolute atomic E-state index is 13.3. The van der Waals surface area contributed by atoms with Crippen molar-refractivity contribution in [1.82, 2.24) is 18.4 Å². The van der Waals surface area contributed by atoms with E-state index in [1.165, 1.54) is 0 Å². The van der Waals surface area contributed by atoms with Crippen molar-refractivity contribution in [2.24, 2.45) is 0 Å². The molecule has 2 aliphatic heterocycles. The predicted molar refractivity (Wildman–Crippen MR) is 124 cm³/mol. The lowest BCUT2D eigenvalue weighted by atomic mass is 10.1. The summed E-state index contributed by atoms with van der Waals surface area (Å²) in [6.45, 7) is 1.72. The molecule has 9 heteroatoms. The Morgan fingerprint density at radius 3 is 2.38 bits per heavy atom. The predicted octanol–water partition coefficient (Wildman–Crippen LogP) is 4.25. The number of hydrogen-bond donors (Lipinski definition) is 0. The molecule has 0 spiro atoms. The first-order valence-electron chi connectivity index (χ1n) is 10.7. The lowest BCUT2D eigenvalue weighted by Gasteiger charge is -2.30. The Bertz CT molecular complexity index is 1230. The first-order valence-corrected chi connectivity index (χ1v) is 12.5. The van der Waals surface area contributed by atoms with Crippen LogP contribution >= 0.6 is 11.6 Å². The van der Waals surface area contributed by atoms with Gasteiger partial charge in [-0.15, -0.1) is 0 Å². The van der Waals surface area contributed by atoms with Crippen molar-refractivity contribution in [1.29, 1.82) is 0 Å². The number of methoxy groups -OCH3 is 1. The summed E-state index contributed by atoms with van der Waals surface area (Å²) in [5.74, 6) is 0.696. The molecular formula is C23H25ClN4O3S. The van der Waals surface area contributed by atoms with Gasteiger partial charge in [-0.3, -0.25) is 0 Å². The van der Waals surface area contributed by atoms with E-state index in [1.54, 1.807) is 15.7 Å². The molecule has 2 aliphatic rings. The quantitative estimate of drug-likeness (QED) is 0.556. The number of hydrogen-bond acceptors (Lipinski definition) is 4. The zero-order valence-electron chi connectivity index (χ0n) is 17.9. The fourth-order valence-corrected chi connectivity index (χ4v) is 6.24. The Balaban J connectivity index is 1.59. The minimum atomic E-state index is -3.52. The zero-order valence-corrected chi connectivity index (χ0v) is 19.4. The Hall–Kier alpha value is -2.39. The van der Waals surface area contributed by atoms with Crippen LogP contribution in [-0.2, 0) is 23.3 Å². The van der Waals surface area contributed by atoms with Gasteiger partial charge >= 0.3 is 0 Å². The number of fused-ring (bicyclic) bond motifs is 1. The van der Waals surface area contributed by atoms with E-state index >= 15 is 0 Å². The molecule has 1 saturated heterocycles. The van der Waals surface area contributed by atoms with Crippen LogP contribution in [0.5, 0.6) is 5.75 Å². The van der Waals surface area contributed by atoms with Gasteiger partial charge in [-0.05, 0) is 37.1 Å². The van der Waals surface area contributed by atoms with Crippen LogP contribution in [0, 0.1) is 0 Å². The molecule has 0 saturated carbocycles. The van der Waals surface area contributed by atoms with Gasteiger partial charge in [-0.25, -0.2) is 4.68 Å². The summed E-state index contributed by atoms with van der Waals surface area (Å²) >= 11 is 6.13. The lowest BCUT2D eigenvalue weighted by Crippen LogP contribution is -2.44. The topological polar surface area (TPSA) is 67.7 Å². The monoisotopic (exact) mass is 472 g/mol. The molecule has 0 aliphatic carbocycles. The second-order valence-electron chi connectivity index (χ2n) is 8.10. The van der Waals surface area contributed by atoms with E-state index in [-0.39, 0.29) is 6.54 Å². The first-order chi connectivity index (χ1) is 15.5. The Kier molecular flexibility index (Phi) is 5.71. The number of benzene rings is 2. The third kappa shape index (κ3) is 3.71. The van der Waals surface area contributed by atoms with Crippen LogP contribution < -0.4 is 4.74 Å². The molecule has 0 atom stereocenters. The van der Waals surface area contributed by atoms with Gasteiger partial charge in [0, 0.05) is 35.8 Å². The highest BCUT2D eigenvalue weighted by molar-refractivity contribution is 7.86. The van der Waals surface area contributed by atoms with E-state index in [0.29, 0.717) is 30.4 Å². The lowest BCUT2D eigenvalue weighted by molar-refractivity contribution is 0.304. The average Bonchev–Trinajstić information content (AvgIpc) is 3.39. The van der Waals surface area contributed by atoms with Crippen molar-refractivity contribution in [3.05, 3.63) is 64.8 Å². The fourth-order valence-electron chi connectivity index (χ4n) is 4.49. The molecule has 0 bridgehead atoms. The van der Waals surface area contributed by atoms with Crippen molar-refractivity contribution >= 4 is 21.8 Å². The van der Waals surface area contributed by atoms with E-state index in [0.717, 1.165) is 47.5 Å². The number of rotatable bonds is 5. The molecule has 7 nitrogen and oxygen atoms in total. The van der Waals surface area contributed by atoms with Crippen LogP contribution in [0.15, 0.2) is 48.5 Å². The highest BCUT2D eigenvalue weighted by atomic mass is 35.5. The van der Waals surface area contributed by atoms with Crippen molar-refractivity contribution < 1.29 is 13.2 Å². The summed E-state index contributed by atoms with van der Waals surface area (Å²) < 4.78 is 37.1. The van der Waals surface area contributed by atoms with E-state index in [1.807, 2.05) is 53.2 Å². The summed E-state index contributed by atoms with van der Waals surface area (Å²) in [5.41, 5.74) is 4.27. The third-order valence-electron chi connectivity index (χ3n) is 6.13. The SMILES string of the molecule is COc1ccccc1-n1nc2c(c1-c1ccc(Cl)cc1)CN(S(=O)(=O)N1CCCCC1)C2. The van der Waals surface area contributed by atoms with E-state index in [2.05, 4.69) is 0 Å². The van der Waals surface area contributed by atoms with E-state index < -0.39 is 10.2 Å². The number of piperidine rings is 1. The van der Waals surface area contributed by atoms with Crippen molar-refractivity contribution in [3.63, 3.8) is 0 Å². The number of ether oxygens (including phenoxy) is 1. The average molecular weight is 473 g/mol. The van der Waals surface area contributed by atoms with Crippen LogP contribution in [-0.4, -0.2) is 47.0 Å². The molecule has 0 amide bonds. The molecule has 1 fully saturated rings. The van der Waals surface area contributed by atoms with Crippen LogP contribution in [0.4, 0.5) is 0 Å². The number of aromatic nitrogens is 2. The zero-order chi connectivity index (χ0) is 22.3. The van der Waals surface area contributed by atoms with Gasteiger partial charge in [0.1, 0.15) is 11.4 Å².